The van der Waals surface area contributed by atoms with Crippen molar-refractivity contribution in [1.82, 2.24) is 14.8 Å². The third kappa shape index (κ3) is 6.08. The highest BCUT2D eigenvalue weighted by Crippen LogP contribution is 2.31. The number of piperidine rings is 1. The topological polar surface area (TPSA) is 48.9 Å². The van der Waals surface area contributed by atoms with Gasteiger partial charge in [0.15, 0.2) is 0 Å². The van der Waals surface area contributed by atoms with Crippen LogP contribution in [0.5, 0.6) is 0 Å². The van der Waals surface area contributed by atoms with Gasteiger partial charge in [0.1, 0.15) is 11.4 Å². The van der Waals surface area contributed by atoms with Gasteiger partial charge in [-0.3, -0.25) is 4.90 Å². The van der Waals surface area contributed by atoms with E-state index in [-0.39, 0.29) is 6.09 Å². The first-order chi connectivity index (χ1) is 13.7. The van der Waals surface area contributed by atoms with Crippen molar-refractivity contribution in [1.29, 1.82) is 0 Å². The van der Waals surface area contributed by atoms with Crippen LogP contribution in [0.3, 0.4) is 0 Å². The highest BCUT2D eigenvalue weighted by atomic mass is 16.6. The maximum atomic E-state index is 12.2. The van der Waals surface area contributed by atoms with Crippen molar-refractivity contribution in [3.63, 3.8) is 0 Å². The Balaban J connectivity index is 1.57. The van der Waals surface area contributed by atoms with Crippen LogP contribution in [-0.4, -0.2) is 65.7 Å². The molecule has 6 nitrogen and oxygen atoms in total. The molecule has 6 heteroatoms. The average molecular weight is 403 g/mol. The summed E-state index contributed by atoms with van der Waals surface area (Å²) in [6.07, 6.45) is 5.67. The van der Waals surface area contributed by atoms with Crippen LogP contribution in [0.25, 0.3) is 0 Å². The predicted molar refractivity (Wildman–Crippen MR) is 117 cm³/mol. The molecule has 0 spiro atoms. The fourth-order valence-electron chi connectivity index (χ4n) is 4.28. The van der Waals surface area contributed by atoms with Crippen LogP contribution in [0.15, 0.2) is 18.3 Å². The maximum Gasteiger partial charge on any atom is 0.410 e. The molecule has 3 rings (SSSR count). The Morgan fingerprint density at radius 1 is 1.14 bits per heavy atom. The van der Waals surface area contributed by atoms with Crippen molar-refractivity contribution >= 4 is 11.9 Å². The first-order valence-corrected chi connectivity index (χ1v) is 11.2. The number of carbonyl (C=O) groups excluding carboxylic acids is 1. The number of ether oxygens (including phenoxy) is 1. The lowest BCUT2D eigenvalue weighted by Crippen LogP contribution is -2.50. The van der Waals surface area contributed by atoms with Crippen LogP contribution in [0, 0.1) is 5.92 Å². The standard InChI is InChI=1S/C23H38N4O2/c1-18(2)17-27-11-7-6-8-20(27)19-9-10-21(24-16-19)25-12-14-26(15-13-25)22(28)29-23(3,4)5/h9-10,16,18,20H,6-8,11-15,17H2,1-5H3. The molecule has 0 aliphatic carbocycles. The minimum atomic E-state index is -0.450. The van der Waals surface area contributed by atoms with Gasteiger partial charge in [0, 0.05) is 45.0 Å². The van der Waals surface area contributed by atoms with E-state index in [2.05, 4.69) is 42.0 Å². The Bertz CT molecular complexity index is 660. The summed E-state index contributed by atoms with van der Waals surface area (Å²) < 4.78 is 5.49. The Morgan fingerprint density at radius 3 is 2.45 bits per heavy atom. The number of rotatable bonds is 4. The summed E-state index contributed by atoms with van der Waals surface area (Å²) in [6.45, 7) is 15.6. The Hall–Kier alpha value is -1.82. The van der Waals surface area contributed by atoms with E-state index in [1.165, 1.54) is 31.4 Å². The van der Waals surface area contributed by atoms with Crippen LogP contribution in [0.1, 0.15) is 65.5 Å². The molecule has 1 unspecified atom stereocenters. The molecule has 0 radical (unpaired) electrons. The second-order valence-corrected chi connectivity index (χ2v) is 9.80. The molecule has 2 aliphatic rings. The van der Waals surface area contributed by atoms with Gasteiger partial charge in [0.2, 0.25) is 0 Å². The van der Waals surface area contributed by atoms with Crippen molar-refractivity contribution in [2.75, 3.05) is 44.2 Å². The van der Waals surface area contributed by atoms with E-state index in [0.717, 1.165) is 25.5 Å². The molecule has 0 aromatic carbocycles. The summed E-state index contributed by atoms with van der Waals surface area (Å²) in [5, 5.41) is 0. The van der Waals surface area contributed by atoms with Gasteiger partial charge in [-0.05, 0) is 57.7 Å². The zero-order chi connectivity index (χ0) is 21.0. The zero-order valence-electron chi connectivity index (χ0n) is 18.9. The molecule has 29 heavy (non-hydrogen) atoms. The van der Waals surface area contributed by atoms with Crippen LogP contribution in [0.4, 0.5) is 10.6 Å². The zero-order valence-corrected chi connectivity index (χ0v) is 18.9. The molecule has 1 atom stereocenters. The van der Waals surface area contributed by atoms with E-state index in [4.69, 9.17) is 9.72 Å². The molecule has 2 aliphatic heterocycles. The lowest BCUT2D eigenvalue weighted by molar-refractivity contribution is 0.0240. The Labute approximate surface area is 176 Å². The van der Waals surface area contributed by atoms with Gasteiger partial charge in [-0.1, -0.05) is 26.3 Å². The lowest BCUT2D eigenvalue weighted by atomic mass is 9.95. The summed E-state index contributed by atoms with van der Waals surface area (Å²) in [7, 11) is 0. The van der Waals surface area contributed by atoms with E-state index in [1.807, 2.05) is 20.8 Å². The average Bonchev–Trinajstić information content (AvgIpc) is 2.67. The summed E-state index contributed by atoms with van der Waals surface area (Å²) in [4.78, 5) is 23.7. The van der Waals surface area contributed by atoms with Gasteiger partial charge in [-0.15, -0.1) is 0 Å². The first-order valence-electron chi connectivity index (χ1n) is 11.2. The summed E-state index contributed by atoms with van der Waals surface area (Å²) >= 11 is 0. The third-order valence-electron chi connectivity index (χ3n) is 5.62. The number of hydrogen-bond donors (Lipinski definition) is 0. The molecular weight excluding hydrogens is 364 g/mol. The van der Waals surface area contributed by atoms with E-state index in [1.54, 1.807) is 4.90 Å². The fourth-order valence-corrected chi connectivity index (χ4v) is 4.28. The number of nitrogens with zero attached hydrogens (tertiary/aromatic N) is 4. The monoisotopic (exact) mass is 402 g/mol. The highest BCUT2D eigenvalue weighted by Gasteiger charge is 2.27. The quantitative estimate of drug-likeness (QED) is 0.751. The van der Waals surface area contributed by atoms with E-state index in [0.29, 0.717) is 25.0 Å². The largest absolute Gasteiger partial charge is 0.444 e. The summed E-state index contributed by atoms with van der Waals surface area (Å²) in [5.41, 5.74) is 0.884. The van der Waals surface area contributed by atoms with Gasteiger partial charge in [-0.2, -0.15) is 0 Å². The van der Waals surface area contributed by atoms with Crippen LogP contribution < -0.4 is 4.90 Å². The summed E-state index contributed by atoms with van der Waals surface area (Å²) in [5.74, 6) is 1.69. The van der Waals surface area contributed by atoms with Crippen LogP contribution in [-0.2, 0) is 4.74 Å². The second kappa shape index (κ2) is 9.33. The van der Waals surface area contributed by atoms with Gasteiger partial charge in [0.05, 0.1) is 0 Å². The number of carbonyl (C=O) groups is 1. The molecule has 2 saturated heterocycles. The summed E-state index contributed by atoms with van der Waals surface area (Å²) in [6, 6.07) is 4.91. The molecule has 0 bridgehead atoms. The van der Waals surface area contributed by atoms with Crippen molar-refractivity contribution < 1.29 is 9.53 Å². The number of hydrogen-bond acceptors (Lipinski definition) is 5. The van der Waals surface area contributed by atoms with Gasteiger partial charge in [-0.25, -0.2) is 9.78 Å². The number of pyridine rings is 1. The lowest BCUT2D eigenvalue weighted by Gasteiger charge is -2.38. The molecular formula is C23H38N4O2. The van der Waals surface area contributed by atoms with E-state index in [9.17, 15) is 4.79 Å². The Kier molecular flexibility index (Phi) is 7.04. The fraction of sp³-hybridized carbons (Fsp3) is 0.739. The molecule has 1 aromatic heterocycles. The predicted octanol–water partition coefficient (Wildman–Crippen LogP) is 4.32. The van der Waals surface area contributed by atoms with Gasteiger partial charge in [0.25, 0.3) is 0 Å². The van der Waals surface area contributed by atoms with Gasteiger partial charge < -0.3 is 14.5 Å². The highest BCUT2D eigenvalue weighted by molar-refractivity contribution is 5.68. The normalized spacial score (nSPS) is 21.5. The molecule has 0 N–H and O–H groups in total. The maximum absolute atomic E-state index is 12.2. The number of likely N-dealkylation sites (tertiary alicyclic amines) is 1. The van der Waals surface area contributed by atoms with Gasteiger partial charge >= 0.3 is 6.09 Å². The number of amides is 1. The second-order valence-electron chi connectivity index (χ2n) is 9.80. The van der Waals surface area contributed by atoms with Crippen LogP contribution >= 0.6 is 0 Å². The smallest absolute Gasteiger partial charge is 0.410 e. The van der Waals surface area contributed by atoms with Crippen molar-refractivity contribution in [3.05, 3.63) is 23.9 Å². The number of aromatic nitrogens is 1. The third-order valence-corrected chi connectivity index (χ3v) is 5.62. The van der Waals surface area contributed by atoms with Crippen molar-refractivity contribution in [2.45, 2.75) is 65.5 Å². The molecule has 1 aromatic rings. The minimum Gasteiger partial charge on any atom is -0.444 e. The Morgan fingerprint density at radius 2 is 1.86 bits per heavy atom. The molecule has 3 heterocycles. The van der Waals surface area contributed by atoms with Crippen LogP contribution in [0.2, 0.25) is 0 Å². The molecule has 162 valence electrons. The van der Waals surface area contributed by atoms with Crippen molar-refractivity contribution in [3.8, 4) is 0 Å². The minimum absolute atomic E-state index is 0.219. The molecule has 2 fully saturated rings. The van der Waals surface area contributed by atoms with E-state index < -0.39 is 5.60 Å². The van der Waals surface area contributed by atoms with Crippen molar-refractivity contribution in [2.24, 2.45) is 5.92 Å². The SMILES string of the molecule is CC(C)CN1CCCCC1c1ccc(N2CCN(C(=O)OC(C)(C)C)CC2)nc1. The first kappa shape index (κ1) is 21.9. The van der Waals surface area contributed by atoms with E-state index >= 15 is 0 Å². The number of piperazine rings is 1. The molecule has 1 amide bonds. The molecule has 0 saturated carbocycles. The number of anilines is 1.